The summed E-state index contributed by atoms with van der Waals surface area (Å²) in [6.45, 7) is 0.974. The van der Waals surface area contributed by atoms with E-state index in [0.717, 1.165) is 37.9 Å². The van der Waals surface area contributed by atoms with Crippen LogP contribution in [0.4, 0.5) is 10.1 Å². The zero-order valence-electron chi connectivity index (χ0n) is 9.32. The number of halogens is 1. The van der Waals surface area contributed by atoms with Crippen molar-refractivity contribution >= 4 is 5.69 Å². The number of hydrogen-bond acceptors (Lipinski definition) is 2. The topological polar surface area (TPSA) is 29.3 Å². The average molecular weight is 220 g/mol. The first-order valence-electron chi connectivity index (χ1n) is 6.04. The molecule has 1 aromatic rings. The van der Waals surface area contributed by atoms with E-state index >= 15 is 0 Å². The summed E-state index contributed by atoms with van der Waals surface area (Å²) in [6, 6.07) is 6.03. The van der Waals surface area contributed by atoms with Crippen LogP contribution in [0.3, 0.4) is 0 Å². The molecule has 0 radical (unpaired) electrons. The zero-order chi connectivity index (χ0) is 11.1. The fourth-order valence-electron chi connectivity index (χ4n) is 3.01. The number of anilines is 1. The van der Waals surface area contributed by atoms with Crippen molar-refractivity contribution in [3.8, 4) is 0 Å². The molecule has 2 heterocycles. The SMILES string of the molecule is NC1CCN2c3cc(F)ccc3CCC2C1. The van der Waals surface area contributed by atoms with Gasteiger partial charge in [-0.3, -0.25) is 0 Å². The molecule has 0 saturated carbocycles. The number of fused-ring (bicyclic) bond motifs is 3. The average Bonchev–Trinajstić information content (AvgIpc) is 2.28. The third-order valence-corrected chi connectivity index (χ3v) is 3.86. The number of hydrogen-bond donors (Lipinski definition) is 1. The van der Waals surface area contributed by atoms with Gasteiger partial charge in [-0.05, 0) is 43.4 Å². The highest BCUT2D eigenvalue weighted by atomic mass is 19.1. The molecule has 86 valence electrons. The summed E-state index contributed by atoms with van der Waals surface area (Å²) in [5.74, 6) is -0.130. The minimum Gasteiger partial charge on any atom is -0.368 e. The zero-order valence-corrected chi connectivity index (χ0v) is 9.32. The molecule has 1 fully saturated rings. The molecule has 3 heteroatoms. The van der Waals surface area contributed by atoms with E-state index in [9.17, 15) is 4.39 Å². The van der Waals surface area contributed by atoms with Crippen LogP contribution >= 0.6 is 0 Å². The van der Waals surface area contributed by atoms with Crippen molar-refractivity contribution in [1.82, 2.24) is 0 Å². The quantitative estimate of drug-likeness (QED) is 0.725. The number of nitrogens with two attached hydrogens (primary N) is 1. The molecular weight excluding hydrogens is 203 g/mol. The molecule has 3 rings (SSSR count). The number of nitrogens with zero attached hydrogens (tertiary/aromatic N) is 1. The molecule has 0 bridgehead atoms. The lowest BCUT2D eigenvalue weighted by Gasteiger charge is -2.44. The van der Waals surface area contributed by atoms with Gasteiger partial charge in [0, 0.05) is 24.3 Å². The first-order valence-corrected chi connectivity index (χ1v) is 6.04. The lowest BCUT2D eigenvalue weighted by Crippen LogP contribution is -2.49. The molecule has 0 aliphatic carbocycles. The van der Waals surface area contributed by atoms with Crippen molar-refractivity contribution in [2.75, 3.05) is 11.4 Å². The standard InChI is InChI=1S/C13H17FN2/c14-10-3-1-9-2-4-12-8-11(15)5-6-16(12)13(9)7-10/h1,3,7,11-12H,2,4-6,8,15H2. The first kappa shape index (κ1) is 10.1. The van der Waals surface area contributed by atoms with E-state index in [0.29, 0.717) is 12.1 Å². The molecule has 2 N–H and O–H groups in total. The molecule has 16 heavy (non-hydrogen) atoms. The van der Waals surface area contributed by atoms with Gasteiger partial charge >= 0.3 is 0 Å². The maximum atomic E-state index is 13.3. The largest absolute Gasteiger partial charge is 0.368 e. The lowest BCUT2D eigenvalue weighted by molar-refractivity contribution is 0.383. The summed E-state index contributed by atoms with van der Waals surface area (Å²) in [4.78, 5) is 2.35. The van der Waals surface area contributed by atoms with E-state index in [2.05, 4.69) is 4.90 Å². The summed E-state index contributed by atoms with van der Waals surface area (Å²) in [5, 5.41) is 0. The van der Waals surface area contributed by atoms with Crippen LogP contribution in [0.2, 0.25) is 0 Å². The maximum Gasteiger partial charge on any atom is 0.125 e. The third kappa shape index (κ3) is 1.59. The smallest absolute Gasteiger partial charge is 0.125 e. The summed E-state index contributed by atoms with van der Waals surface area (Å²) in [6.07, 6.45) is 4.29. The minimum absolute atomic E-state index is 0.130. The number of rotatable bonds is 0. The van der Waals surface area contributed by atoms with Crippen molar-refractivity contribution in [2.24, 2.45) is 5.73 Å². The predicted molar refractivity (Wildman–Crippen MR) is 63.1 cm³/mol. The second-order valence-electron chi connectivity index (χ2n) is 4.94. The van der Waals surface area contributed by atoms with Gasteiger partial charge in [0.1, 0.15) is 5.82 Å². The molecule has 0 aromatic heterocycles. The van der Waals surface area contributed by atoms with E-state index in [4.69, 9.17) is 5.73 Å². The Morgan fingerprint density at radius 3 is 3.06 bits per heavy atom. The first-order chi connectivity index (χ1) is 7.74. The van der Waals surface area contributed by atoms with Gasteiger partial charge in [-0.2, -0.15) is 0 Å². The summed E-state index contributed by atoms with van der Waals surface area (Å²) >= 11 is 0. The van der Waals surface area contributed by atoms with Gasteiger partial charge in [0.25, 0.3) is 0 Å². The summed E-state index contributed by atoms with van der Waals surface area (Å²) in [7, 11) is 0. The van der Waals surface area contributed by atoms with Crippen LogP contribution in [0.15, 0.2) is 18.2 Å². The van der Waals surface area contributed by atoms with Gasteiger partial charge in [-0.25, -0.2) is 4.39 Å². The Morgan fingerprint density at radius 1 is 1.31 bits per heavy atom. The van der Waals surface area contributed by atoms with Gasteiger partial charge in [-0.1, -0.05) is 6.07 Å². The van der Waals surface area contributed by atoms with Crippen LogP contribution in [0.1, 0.15) is 24.8 Å². The van der Waals surface area contributed by atoms with Crippen LogP contribution in [0.25, 0.3) is 0 Å². The van der Waals surface area contributed by atoms with Crippen LogP contribution in [0.5, 0.6) is 0 Å². The van der Waals surface area contributed by atoms with Gasteiger partial charge in [0.15, 0.2) is 0 Å². The Kier molecular flexibility index (Phi) is 2.36. The second-order valence-corrected chi connectivity index (χ2v) is 4.94. The molecule has 2 aliphatic heterocycles. The van der Waals surface area contributed by atoms with Gasteiger partial charge < -0.3 is 10.6 Å². The van der Waals surface area contributed by atoms with Crippen molar-refractivity contribution in [1.29, 1.82) is 0 Å². The number of benzene rings is 1. The maximum absolute atomic E-state index is 13.3. The van der Waals surface area contributed by atoms with Crippen LogP contribution < -0.4 is 10.6 Å². The normalized spacial score (nSPS) is 28.5. The number of piperidine rings is 1. The highest BCUT2D eigenvalue weighted by molar-refractivity contribution is 5.57. The van der Waals surface area contributed by atoms with Crippen LogP contribution in [0, 0.1) is 5.82 Å². The molecule has 1 saturated heterocycles. The van der Waals surface area contributed by atoms with E-state index in [1.807, 2.05) is 6.07 Å². The van der Waals surface area contributed by atoms with Gasteiger partial charge in [0.05, 0.1) is 0 Å². The fraction of sp³-hybridized carbons (Fsp3) is 0.538. The Bertz CT molecular complexity index is 405. The van der Waals surface area contributed by atoms with E-state index in [1.54, 1.807) is 12.1 Å². The highest BCUT2D eigenvalue weighted by Crippen LogP contribution is 2.35. The third-order valence-electron chi connectivity index (χ3n) is 3.86. The highest BCUT2D eigenvalue weighted by Gasteiger charge is 2.31. The molecule has 0 spiro atoms. The Balaban J connectivity index is 1.96. The molecule has 2 atom stereocenters. The molecule has 1 aromatic carbocycles. The summed E-state index contributed by atoms with van der Waals surface area (Å²) < 4.78 is 13.3. The molecule has 0 amide bonds. The Morgan fingerprint density at radius 2 is 2.19 bits per heavy atom. The number of aryl methyl sites for hydroxylation is 1. The van der Waals surface area contributed by atoms with Crippen molar-refractivity contribution < 1.29 is 4.39 Å². The van der Waals surface area contributed by atoms with E-state index in [-0.39, 0.29) is 5.82 Å². The monoisotopic (exact) mass is 220 g/mol. The molecule has 2 unspecified atom stereocenters. The van der Waals surface area contributed by atoms with Crippen LogP contribution in [-0.4, -0.2) is 18.6 Å². The van der Waals surface area contributed by atoms with Gasteiger partial charge in [-0.15, -0.1) is 0 Å². The van der Waals surface area contributed by atoms with E-state index < -0.39 is 0 Å². The fourth-order valence-corrected chi connectivity index (χ4v) is 3.01. The molecule has 2 aliphatic rings. The second kappa shape index (κ2) is 3.74. The molecular formula is C13H17FN2. The van der Waals surface area contributed by atoms with E-state index in [1.165, 1.54) is 5.56 Å². The van der Waals surface area contributed by atoms with Gasteiger partial charge in [0.2, 0.25) is 0 Å². The predicted octanol–water partition coefficient (Wildman–Crippen LogP) is 2.07. The van der Waals surface area contributed by atoms with Crippen LogP contribution in [-0.2, 0) is 6.42 Å². The van der Waals surface area contributed by atoms with Crippen molar-refractivity contribution in [3.05, 3.63) is 29.6 Å². The van der Waals surface area contributed by atoms with Crippen molar-refractivity contribution in [3.63, 3.8) is 0 Å². The Hall–Kier alpha value is -1.09. The minimum atomic E-state index is -0.130. The summed E-state index contributed by atoms with van der Waals surface area (Å²) in [5.41, 5.74) is 8.38. The lowest BCUT2D eigenvalue weighted by atomic mass is 9.87. The Labute approximate surface area is 95.2 Å². The van der Waals surface area contributed by atoms with Crippen molar-refractivity contribution in [2.45, 2.75) is 37.8 Å². The molecule has 2 nitrogen and oxygen atoms in total.